The summed E-state index contributed by atoms with van der Waals surface area (Å²) in [5.41, 5.74) is 6.01. The number of rotatable bonds is 9. The lowest BCUT2D eigenvalue weighted by Gasteiger charge is -2.14. The molecule has 0 aromatic heterocycles. The first-order valence-electron chi connectivity index (χ1n) is 10.0. The summed E-state index contributed by atoms with van der Waals surface area (Å²) < 4.78 is 7.04. The van der Waals surface area contributed by atoms with E-state index in [4.69, 9.17) is 4.74 Å². The molecule has 0 saturated carbocycles. The second-order valence-corrected chi connectivity index (χ2v) is 8.02. The first kappa shape index (κ1) is 22.1. The molecule has 0 radical (unpaired) electrons. The van der Waals surface area contributed by atoms with E-state index in [1.54, 1.807) is 0 Å². The smallest absolute Gasteiger partial charge is 0.216 e. The Kier molecular flexibility index (Phi) is 8.05. The van der Waals surface area contributed by atoms with Crippen LogP contribution in [0.3, 0.4) is 0 Å². The molecule has 0 bridgehead atoms. The monoisotopic (exact) mass is 466 g/mol. The Bertz CT molecular complexity index is 990. The lowest BCUT2D eigenvalue weighted by atomic mass is 9.97. The number of hydrogen-bond acceptors (Lipinski definition) is 3. The van der Waals surface area contributed by atoms with Crippen LogP contribution in [0.5, 0.6) is 5.75 Å². The number of ether oxygens (including phenoxy) is 1. The molecule has 0 aliphatic carbocycles. The quantitative estimate of drug-likeness (QED) is 0.424. The first-order valence-corrected chi connectivity index (χ1v) is 10.8. The van der Waals surface area contributed by atoms with Gasteiger partial charge in [-0.15, -0.1) is 0 Å². The van der Waals surface area contributed by atoms with Crippen LogP contribution in [0.15, 0.2) is 71.2 Å². The molecule has 0 fully saturated rings. The van der Waals surface area contributed by atoms with Crippen LogP contribution in [-0.4, -0.2) is 19.0 Å². The number of carbonyl (C=O) groups is 1. The Hall–Kier alpha value is -2.63. The van der Waals surface area contributed by atoms with Gasteiger partial charge >= 0.3 is 0 Å². The van der Waals surface area contributed by atoms with Crippen molar-refractivity contribution >= 4 is 21.8 Å². The van der Waals surface area contributed by atoms with Crippen molar-refractivity contribution in [3.63, 3.8) is 0 Å². The van der Waals surface area contributed by atoms with E-state index in [9.17, 15) is 4.79 Å². The molecule has 3 aromatic carbocycles. The molecular formula is C25H27BrN2O2. The lowest BCUT2D eigenvalue weighted by molar-refractivity contribution is -0.118. The predicted octanol–water partition coefficient (Wildman–Crippen LogP) is 5.23. The van der Waals surface area contributed by atoms with Gasteiger partial charge in [-0.25, -0.2) is 0 Å². The van der Waals surface area contributed by atoms with Gasteiger partial charge in [0.15, 0.2) is 0 Å². The van der Waals surface area contributed by atoms with E-state index < -0.39 is 0 Å². The number of carbonyl (C=O) groups excluding carboxylic acids is 1. The molecule has 0 saturated heterocycles. The van der Waals surface area contributed by atoms with Crippen molar-refractivity contribution in [2.24, 2.45) is 0 Å². The molecule has 30 heavy (non-hydrogen) atoms. The van der Waals surface area contributed by atoms with Gasteiger partial charge in [0.2, 0.25) is 5.91 Å². The summed E-state index contributed by atoms with van der Waals surface area (Å²) in [6.45, 7) is 6.27. The summed E-state index contributed by atoms with van der Waals surface area (Å²) >= 11 is 3.62. The second-order valence-electron chi connectivity index (χ2n) is 7.17. The summed E-state index contributed by atoms with van der Waals surface area (Å²) in [4.78, 5) is 10.9. The molecule has 0 heterocycles. The van der Waals surface area contributed by atoms with Gasteiger partial charge in [0.1, 0.15) is 12.4 Å². The van der Waals surface area contributed by atoms with Crippen LogP contribution < -0.4 is 15.4 Å². The summed E-state index contributed by atoms with van der Waals surface area (Å²) in [6, 6.07) is 22.9. The van der Waals surface area contributed by atoms with Gasteiger partial charge in [-0.05, 0) is 62.8 Å². The maximum absolute atomic E-state index is 10.9. The SMILES string of the molecule is CC(=O)NCCNCc1ccc(OCc2cccc(-c3ccccc3)c2C)c(Br)c1. The van der Waals surface area contributed by atoms with E-state index in [2.05, 4.69) is 88.1 Å². The van der Waals surface area contributed by atoms with E-state index in [0.717, 1.165) is 28.9 Å². The highest BCUT2D eigenvalue weighted by Crippen LogP contribution is 2.29. The van der Waals surface area contributed by atoms with Crippen LogP contribution in [0.4, 0.5) is 0 Å². The van der Waals surface area contributed by atoms with Crippen molar-refractivity contribution in [1.82, 2.24) is 10.6 Å². The van der Waals surface area contributed by atoms with Gasteiger partial charge in [-0.2, -0.15) is 0 Å². The Labute approximate surface area is 186 Å². The minimum absolute atomic E-state index is 0.00871. The Morgan fingerprint density at radius 2 is 1.80 bits per heavy atom. The highest BCUT2D eigenvalue weighted by molar-refractivity contribution is 9.10. The zero-order chi connectivity index (χ0) is 21.3. The van der Waals surface area contributed by atoms with Crippen molar-refractivity contribution in [2.75, 3.05) is 13.1 Å². The highest BCUT2D eigenvalue weighted by Gasteiger charge is 2.08. The third-order valence-corrected chi connectivity index (χ3v) is 5.53. The Morgan fingerprint density at radius 1 is 1.00 bits per heavy atom. The van der Waals surface area contributed by atoms with Crippen molar-refractivity contribution in [1.29, 1.82) is 0 Å². The van der Waals surface area contributed by atoms with E-state index in [1.165, 1.54) is 29.2 Å². The largest absolute Gasteiger partial charge is 0.488 e. The fraction of sp³-hybridized carbons (Fsp3) is 0.240. The third kappa shape index (κ3) is 6.18. The zero-order valence-corrected chi connectivity index (χ0v) is 19.0. The maximum Gasteiger partial charge on any atom is 0.216 e. The van der Waals surface area contributed by atoms with Gasteiger partial charge in [0, 0.05) is 26.6 Å². The summed E-state index contributed by atoms with van der Waals surface area (Å²) in [5.74, 6) is 0.812. The Morgan fingerprint density at radius 3 is 2.53 bits per heavy atom. The molecule has 0 atom stereocenters. The molecule has 0 aliphatic rings. The minimum atomic E-state index is -0.00871. The summed E-state index contributed by atoms with van der Waals surface area (Å²) in [5, 5.41) is 6.09. The van der Waals surface area contributed by atoms with Crippen molar-refractivity contribution < 1.29 is 9.53 Å². The van der Waals surface area contributed by atoms with E-state index in [1.807, 2.05) is 12.1 Å². The average molecular weight is 467 g/mol. The van der Waals surface area contributed by atoms with Crippen LogP contribution in [0, 0.1) is 6.92 Å². The molecule has 5 heteroatoms. The highest BCUT2D eigenvalue weighted by atomic mass is 79.9. The van der Waals surface area contributed by atoms with E-state index in [0.29, 0.717) is 13.2 Å². The van der Waals surface area contributed by atoms with Crippen LogP contribution in [0.2, 0.25) is 0 Å². The molecule has 1 amide bonds. The maximum atomic E-state index is 10.9. The summed E-state index contributed by atoms with van der Waals surface area (Å²) in [7, 11) is 0. The van der Waals surface area contributed by atoms with Crippen molar-refractivity contribution in [2.45, 2.75) is 27.0 Å². The molecule has 156 valence electrons. The molecule has 3 rings (SSSR count). The predicted molar refractivity (Wildman–Crippen MR) is 125 cm³/mol. The van der Waals surface area contributed by atoms with Crippen LogP contribution >= 0.6 is 15.9 Å². The molecule has 0 spiro atoms. The van der Waals surface area contributed by atoms with Crippen LogP contribution in [0.25, 0.3) is 11.1 Å². The third-order valence-electron chi connectivity index (χ3n) is 4.92. The molecule has 2 N–H and O–H groups in total. The first-order chi connectivity index (χ1) is 14.5. The lowest BCUT2D eigenvalue weighted by Crippen LogP contribution is -2.29. The van der Waals surface area contributed by atoms with Gasteiger partial charge in [0.25, 0.3) is 0 Å². The topological polar surface area (TPSA) is 50.4 Å². The molecule has 3 aromatic rings. The number of nitrogens with one attached hydrogen (secondary N) is 2. The van der Waals surface area contributed by atoms with E-state index in [-0.39, 0.29) is 5.91 Å². The fourth-order valence-corrected chi connectivity index (χ4v) is 3.80. The van der Waals surface area contributed by atoms with Crippen LogP contribution in [-0.2, 0) is 17.9 Å². The molecule has 4 nitrogen and oxygen atoms in total. The van der Waals surface area contributed by atoms with Crippen LogP contribution in [0.1, 0.15) is 23.6 Å². The molecule has 0 aliphatic heterocycles. The average Bonchev–Trinajstić information content (AvgIpc) is 2.74. The normalized spacial score (nSPS) is 10.6. The van der Waals surface area contributed by atoms with Crippen molar-refractivity contribution in [3.8, 4) is 16.9 Å². The minimum Gasteiger partial charge on any atom is -0.488 e. The van der Waals surface area contributed by atoms with Gasteiger partial charge in [0.05, 0.1) is 4.47 Å². The number of benzene rings is 3. The molecule has 0 unspecified atom stereocenters. The summed E-state index contributed by atoms with van der Waals surface area (Å²) in [6.07, 6.45) is 0. The standard InChI is InChI=1S/C25H27BrN2O2/c1-18-22(9-6-10-23(18)21-7-4-3-5-8-21)17-30-25-12-11-20(15-24(25)26)16-27-13-14-28-19(2)29/h3-12,15,27H,13-14,16-17H2,1-2H3,(H,28,29). The zero-order valence-electron chi connectivity index (χ0n) is 17.4. The Balaban J connectivity index is 1.59. The second kappa shape index (κ2) is 11.0. The van der Waals surface area contributed by atoms with Gasteiger partial charge in [-0.1, -0.05) is 54.6 Å². The van der Waals surface area contributed by atoms with Gasteiger partial charge in [-0.3, -0.25) is 4.79 Å². The number of amides is 1. The number of hydrogen-bond donors (Lipinski definition) is 2. The fourth-order valence-electron chi connectivity index (χ4n) is 3.26. The van der Waals surface area contributed by atoms with E-state index >= 15 is 0 Å². The van der Waals surface area contributed by atoms with Gasteiger partial charge < -0.3 is 15.4 Å². The molecular weight excluding hydrogens is 440 g/mol. The number of halogens is 1. The van der Waals surface area contributed by atoms with Crippen molar-refractivity contribution in [3.05, 3.63) is 87.9 Å².